The van der Waals surface area contributed by atoms with E-state index in [1.165, 1.54) is 6.08 Å². The largest absolute Gasteiger partial charge is 0.358 e. The average Bonchev–Trinajstić information content (AvgIpc) is 3.14. The number of allylic oxidation sites excluding steroid dienone is 1. The molecule has 1 aliphatic heterocycles. The number of nitrogens with one attached hydrogen (secondary N) is 3. The highest BCUT2D eigenvalue weighted by molar-refractivity contribution is 5.99. The van der Waals surface area contributed by atoms with E-state index in [9.17, 15) is 9.59 Å². The van der Waals surface area contributed by atoms with E-state index in [4.69, 9.17) is 0 Å². The molecule has 0 saturated carbocycles. The van der Waals surface area contributed by atoms with Gasteiger partial charge in [0.25, 0.3) is 5.91 Å². The minimum Gasteiger partial charge on any atom is -0.358 e. The molecule has 28 heavy (non-hydrogen) atoms. The van der Waals surface area contributed by atoms with Gasteiger partial charge in [-0.1, -0.05) is 18.2 Å². The van der Waals surface area contributed by atoms with Crippen LogP contribution in [0.1, 0.15) is 23.0 Å². The van der Waals surface area contributed by atoms with Crippen molar-refractivity contribution in [1.82, 2.24) is 15.3 Å². The number of hydrogen-bond acceptors (Lipinski definition) is 3. The molecule has 0 saturated heterocycles. The van der Waals surface area contributed by atoms with Crippen LogP contribution in [0, 0.1) is 0 Å². The van der Waals surface area contributed by atoms with Gasteiger partial charge in [-0.15, -0.1) is 0 Å². The fraction of sp³-hybridized carbons (Fsp3) is 0.136. The quantitative estimate of drug-likeness (QED) is 0.612. The Kier molecular flexibility index (Phi) is 4.76. The van der Waals surface area contributed by atoms with Crippen LogP contribution in [-0.2, 0) is 11.2 Å². The molecule has 0 fully saturated rings. The maximum atomic E-state index is 12.0. The minimum absolute atomic E-state index is 0.0393. The summed E-state index contributed by atoms with van der Waals surface area (Å²) in [5.74, 6) is -0.209. The second-order valence-electron chi connectivity index (χ2n) is 6.58. The summed E-state index contributed by atoms with van der Waals surface area (Å²) >= 11 is 0. The van der Waals surface area contributed by atoms with Crippen molar-refractivity contribution in [2.24, 2.45) is 0 Å². The summed E-state index contributed by atoms with van der Waals surface area (Å²) in [6, 6.07) is 13.3. The van der Waals surface area contributed by atoms with E-state index in [0.29, 0.717) is 17.8 Å². The number of aromatic nitrogens is 2. The molecule has 4 rings (SSSR count). The number of anilines is 1. The first-order valence-electron chi connectivity index (χ1n) is 9.14. The summed E-state index contributed by atoms with van der Waals surface area (Å²) in [6.45, 7) is 2.45. The van der Waals surface area contributed by atoms with Crippen LogP contribution in [0.25, 0.3) is 22.5 Å². The number of fused-ring (bicyclic) bond motifs is 1. The van der Waals surface area contributed by atoms with Gasteiger partial charge in [-0.25, -0.2) is 0 Å². The van der Waals surface area contributed by atoms with Crippen LogP contribution >= 0.6 is 0 Å². The van der Waals surface area contributed by atoms with Gasteiger partial charge >= 0.3 is 0 Å². The van der Waals surface area contributed by atoms with E-state index in [2.05, 4.69) is 20.6 Å². The normalized spacial score (nSPS) is 13.2. The third kappa shape index (κ3) is 3.57. The lowest BCUT2D eigenvalue weighted by Crippen LogP contribution is -2.31. The molecule has 1 aliphatic rings. The second-order valence-corrected chi connectivity index (χ2v) is 6.58. The summed E-state index contributed by atoms with van der Waals surface area (Å²) in [6.07, 6.45) is 5.72. The van der Waals surface area contributed by atoms with E-state index in [1.807, 2.05) is 42.5 Å². The predicted molar refractivity (Wildman–Crippen MR) is 109 cm³/mol. The predicted octanol–water partition coefficient (Wildman–Crippen LogP) is 3.54. The van der Waals surface area contributed by atoms with Gasteiger partial charge in [-0.3, -0.25) is 14.6 Å². The maximum Gasteiger partial charge on any atom is 0.253 e. The highest BCUT2D eigenvalue weighted by Crippen LogP contribution is 2.28. The Labute approximate surface area is 162 Å². The monoisotopic (exact) mass is 372 g/mol. The zero-order valence-corrected chi connectivity index (χ0v) is 15.5. The Hall–Kier alpha value is -3.67. The molecule has 0 aliphatic carbocycles. The van der Waals surface area contributed by atoms with Crippen molar-refractivity contribution in [1.29, 1.82) is 0 Å². The number of nitrogens with zero attached hydrogens (tertiary/aromatic N) is 1. The first kappa shape index (κ1) is 17.7. The van der Waals surface area contributed by atoms with Crippen LogP contribution in [0.2, 0.25) is 0 Å². The van der Waals surface area contributed by atoms with Crippen molar-refractivity contribution in [3.8, 4) is 22.5 Å². The van der Waals surface area contributed by atoms with Crippen molar-refractivity contribution in [3.63, 3.8) is 0 Å². The fourth-order valence-electron chi connectivity index (χ4n) is 3.30. The molecule has 0 unspecified atom stereocenters. The van der Waals surface area contributed by atoms with Gasteiger partial charge < -0.3 is 15.6 Å². The van der Waals surface area contributed by atoms with Gasteiger partial charge in [0.05, 0.1) is 11.3 Å². The van der Waals surface area contributed by atoms with Gasteiger partial charge in [-0.05, 0) is 43.3 Å². The SMILES string of the molecule is CC=CC(=O)Nc1cccc(-c2cc(-c3cc4c([nH]3)CCNC4=O)ccn2)c1. The summed E-state index contributed by atoms with van der Waals surface area (Å²) < 4.78 is 0. The molecule has 6 heteroatoms. The standard InChI is InChI=1S/C22H20N4O2/c1-2-4-21(27)25-16-6-3-5-14(11-16)19-12-15(7-9-23-19)20-13-17-18(26-20)8-10-24-22(17)28/h2-7,9,11-13,26H,8,10H2,1H3,(H,24,28)(H,25,27). The van der Waals surface area contributed by atoms with Crippen molar-refractivity contribution >= 4 is 17.5 Å². The van der Waals surface area contributed by atoms with Crippen molar-refractivity contribution in [3.05, 3.63) is 72.1 Å². The van der Waals surface area contributed by atoms with Crippen LogP contribution < -0.4 is 10.6 Å². The Balaban J connectivity index is 1.64. The van der Waals surface area contributed by atoms with Crippen molar-refractivity contribution in [2.45, 2.75) is 13.3 Å². The molecule has 2 amide bonds. The zero-order chi connectivity index (χ0) is 19.5. The third-order valence-electron chi connectivity index (χ3n) is 4.62. The lowest BCUT2D eigenvalue weighted by molar-refractivity contribution is -0.111. The number of hydrogen-bond donors (Lipinski definition) is 3. The second kappa shape index (κ2) is 7.52. The summed E-state index contributed by atoms with van der Waals surface area (Å²) in [4.78, 5) is 31.6. The Morgan fingerprint density at radius 3 is 2.89 bits per heavy atom. The number of H-pyrrole nitrogens is 1. The highest BCUT2D eigenvalue weighted by Gasteiger charge is 2.20. The maximum absolute atomic E-state index is 12.0. The zero-order valence-electron chi connectivity index (χ0n) is 15.5. The van der Waals surface area contributed by atoms with Gasteiger partial charge in [0, 0.05) is 47.4 Å². The van der Waals surface area contributed by atoms with Crippen LogP contribution in [0.5, 0.6) is 0 Å². The van der Waals surface area contributed by atoms with Crippen LogP contribution in [-0.4, -0.2) is 28.3 Å². The van der Waals surface area contributed by atoms with E-state index in [1.54, 1.807) is 19.2 Å². The molecule has 0 spiro atoms. The molecule has 0 radical (unpaired) electrons. The van der Waals surface area contributed by atoms with Crippen molar-refractivity contribution < 1.29 is 9.59 Å². The Morgan fingerprint density at radius 1 is 1.18 bits per heavy atom. The molecular formula is C22H20N4O2. The van der Waals surface area contributed by atoms with Gasteiger partial charge in [0.1, 0.15) is 0 Å². The molecule has 140 valence electrons. The fourth-order valence-corrected chi connectivity index (χ4v) is 3.30. The Morgan fingerprint density at radius 2 is 2.07 bits per heavy atom. The van der Waals surface area contributed by atoms with Gasteiger partial charge in [-0.2, -0.15) is 0 Å². The average molecular weight is 372 g/mol. The van der Waals surface area contributed by atoms with E-state index < -0.39 is 0 Å². The first-order chi connectivity index (χ1) is 13.6. The molecule has 6 nitrogen and oxygen atoms in total. The van der Waals surface area contributed by atoms with E-state index >= 15 is 0 Å². The lowest BCUT2D eigenvalue weighted by atomic mass is 10.1. The number of rotatable bonds is 4. The summed E-state index contributed by atoms with van der Waals surface area (Å²) in [5, 5.41) is 5.69. The molecular weight excluding hydrogens is 352 g/mol. The summed E-state index contributed by atoms with van der Waals surface area (Å²) in [7, 11) is 0. The number of carbonyl (C=O) groups excluding carboxylic acids is 2. The molecule has 3 aromatic rings. The lowest BCUT2D eigenvalue weighted by Gasteiger charge is -2.11. The first-order valence-corrected chi connectivity index (χ1v) is 9.14. The van der Waals surface area contributed by atoms with Crippen LogP contribution in [0.4, 0.5) is 5.69 Å². The highest BCUT2D eigenvalue weighted by atomic mass is 16.2. The molecule has 3 N–H and O–H groups in total. The number of aromatic amines is 1. The van der Waals surface area contributed by atoms with E-state index in [-0.39, 0.29) is 11.8 Å². The topological polar surface area (TPSA) is 86.9 Å². The summed E-state index contributed by atoms with van der Waals surface area (Å²) in [5.41, 5.74) is 5.91. The van der Waals surface area contributed by atoms with Crippen LogP contribution in [0.15, 0.2) is 60.8 Å². The van der Waals surface area contributed by atoms with Gasteiger partial charge in [0.15, 0.2) is 0 Å². The molecule has 0 atom stereocenters. The Bertz CT molecular complexity index is 1080. The number of pyridine rings is 1. The minimum atomic E-state index is -0.170. The van der Waals surface area contributed by atoms with Gasteiger partial charge in [0.2, 0.25) is 5.91 Å². The number of amides is 2. The molecule has 0 bridgehead atoms. The van der Waals surface area contributed by atoms with E-state index in [0.717, 1.165) is 34.6 Å². The van der Waals surface area contributed by atoms with Crippen molar-refractivity contribution in [2.75, 3.05) is 11.9 Å². The molecule has 3 heterocycles. The third-order valence-corrected chi connectivity index (χ3v) is 4.62. The number of carbonyl (C=O) groups is 2. The molecule has 2 aromatic heterocycles. The smallest absolute Gasteiger partial charge is 0.253 e. The molecule has 1 aromatic carbocycles. The van der Waals surface area contributed by atoms with Crippen LogP contribution in [0.3, 0.4) is 0 Å². The number of benzene rings is 1.